The Kier molecular flexibility index (Phi) is 5.96. The highest BCUT2D eigenvalue weighted by Crippen LogP contribution is 2.37. The van der Waals surface area contributed by atoms with Gasteiger partial charge >= 0.3 is 12.1 Å². The first-order chi connectivity index (χ1) is 12.2. The molecule has 0 saturated carbocycles. The summed E-state index contributed by atoms with van der Waals surface area (Å²) in [5.74, 6) is -4.80. The molecule has 1 fully saturated rings. The number of carbonyl (C=O) groups is 2. The molecule has 1 amide bonds. The molecular weight excluding hydrogens is 357 g/mol. The summed E-state index contributed by atoms with van der Waals surface area (Å²) in [6.07, 6.45) is -4.63. The number of hydrogen-bond acceptors (Lipinski definition) is 5. The molecule has 0 bridgehead atoms. The Bertz CT molecular complexity index is 680. The summed E-state index contributed by atoms with van der Waals surface area (Å²) >= 11 is 0. The van der Waals surface area contributed by atoms with Crippen LogP contribution in [-0.4, -0.2) is 61.9 Å². The van der Waals surface area contributed by atoms with Crippen molar-refractivity contribution in [3.63, 3.8) is 0 Å². The van der Waals surface area contributed by atoms with Gasteiger partial charge in [0.15, 0.2) is 11.5 Å². The molecule has 26 heavy (non-hydrogen) atoms. The van der Waals surface area contributed by atoms with Crippen LogP contribution < -0.4 is 14.8 Å². The fourth-order valence-corrected chi connectivity index (χ4v) is 2.91. The van der Waals surface area contributed by atoms with Crippen LogP contribution in [0.4, 0.5) is 18.9 Å². The van der Waals surface area contributed by atoms with Gasteiger partial charge in [0.1, 0.15) is 0 Å². The van der Waals surface area contributed by atoms with E-state index in [1.165, 1.54) is 25.2 Å². The third kappa shape index (κ3) is 4.57. The van der Waals surface area contributed by atoms with E-state index in [4.69, 9.17) is 14.6 Å². The van der Waals surface area contributed by atoms with Crippen LogP contribution in [0, 0.1) is 11.8 Å². The fourth-order valence-electron chi connectivity index (χ4n) is 2.91. The van der Waals surface area contributed by atoms with Gasteiger partial charge < -0.3 is 19.9 Å². The number of aliphatic carboxylic acids is 1. The molecule has 1 aliphatic rings. The van der Waals surface area contributed by atoms with Gasteiger partial charge in [0.2, 0.25) is 5.91 Å². The Hall–Kier alpha value is -2.49. The number of benzene rings is 1. The Balaban J connectivity index is 2.01. The SMILES string of the molecule is COc1ccc(NC(=O)CN2C[C@@H](C(F)(F)F)[C@H](C(=O)O)C2)cc1OC. The second-order valence-electron chi connectivity index (χ2n) is 5.90. The Morgan fingerprint density at radius 1 is 1.23 bits per heavy atom. The minimum absolute atomic E-state index is 0.334. The molecule has 1 aromatic rings. The van der Waals surface area contributed by atoms with Gasteiger partial charge in [-0.1, -0.05) is 0 Å². The summed E-state index contributed by atoms with van der Waals surface area (Å²) in [4.78, 5) is 24.3. The van der Waals surface area contributed by atoms with Crippen LogP contribution in [-0.2, 0) is 9.59 Å². The predicted molar refractivity (Wildman–Crippen MR) is 85.3 cm³/mol. The van der Waals surface area contributed by atoms with Gasteiger partial charge in [0.25, 0.3) is 0 Å². The molecule has 0 spiro atoms. The molecule has 1 heterocycles. The zero-order valence-corrected chi connectivity index (χ0v) is 14.2. The highest BCUT2D eigenvalue weighted by molar-refractivity contribution is 5.92. The number of carboxylic acid groups (broad SMARTS) is 1. The van der Waals surface area contributed by atoms with E-state index >= 15 is 0 Å². The summed E-state index contributed by atoms with van der Waals surface area (Å²) < 4.78 is 49.1. The molecule has 1 aliphatic heterocycles. The average Bonchev–Trinajstić information content (AvgIpc) is 2.99. The smallest absolute Gasteiger partial charge is 0.393 e. The molecule has 1 aromatic carbocycles. The first-order valence-corrected chi connectivity index (χ1v) is 7.69. The van der Waals surface area contributed by atoms with Crippen LogP contribution in [0.1, 0.15) is 0 Å². The van der Waals surface area contributed by atoms with E-state index in [1.54, 1.807) is 12.1 Å². The third-order valence-corrected chi connectivity index (χ3v) is 4.17. The first kappa shape index (κ1) is 19.8. The molecule has 2 atom stereocenters. The number of alkyl halides is 3. The maximum atomic E-state index is 13.0. The molecular formula is C16H19F3N2O5. The number of carbonyl (C=O) groups excluding carboxylic acids is 1. The number of rotatable bonds is 6. The quantitative estimate of drug-likeness (QED) is 0.788. The van der Waals surface area contributed by atoms with Crippen molar-refractivity contribution in [3.05, 3.63) is 18.2 Å². The van der Waals surface area contributed by atoms with Crippen LogP contribution >= 0.6 is 0 Å². The zero-order chi connectivity index (χ0) is 19.5. The zero-order valence-electron chi connectivity index (χ0n) is 14.2. The summed E-state index contributed by atoms with van der Waals surface area (Å²) in [5.41, 5.74) is 0.383. The molecule has 144 valence electrons. The molecule has 0 aliphatic carbocycles. The molecule has 10 heteroatoms. The van der Waals surface area contributed by atoms with Crippen molar-refractivity contribution in [2.24, 2.45) is 11.8 Å². The second kappa shape index (κ2) is 7.81. The molecule has 0 aromatic heterocycles. The Morgan fingerprint density at radius 3 is 2.38 bits per heavy atom. The first-order valence-electron chi connectivity index (χ1n) is 7.69. The van der Waals surface area contributed by atoms with Gasteiger partial charge in [0, 0.05) is 24.8 Å². The van der Waals surface area contributed by atoms with Gasteiger partial charge in [-0.3, -0.25) is 14.5 Å². The number of likely N-dealkylation sites (tertiary alicyclic amines) is 1. The fraction of sp³-hybridized carbons (Fsp3) is 0.500. The maximum Gasteiger partial charge on any atom is 0.393 e. The number of ether oxygens (including phenoxy) is 2. The van der Waals surface area contributed by atoms with E-state index in [2.05, 4.69) is 5.32 Å². The normalized spacial score (nSPS) is 20.7. The second-order valence-corrected chi connectivity index (χ2v) is 5.90. The van der Waals surface area contributed by atoms with Gasteiger partial charge in [-0.05, 0) is 12.1 Å². The molecule has 0 unspecified atom stereocenters. The number of amides is 1. The van der Waals surface area contributed by atoms with E-state index in [1.807, 2.05) is 0 Å². The lowest BCUT2D eigenvalue weighted by atomic mass is 9.96. The largest absolute Gasteiger partial charge is 0.493 e. The minimum atomic E-state index is -4.63. The summed E-state index contributed by atoms with van der Waals surface area (Å²) in [5, 5.41) is 11.5. The molecule has 2 rings (SSSR count). The topological polar surface area (TPSA) is 88.1 Å². The number of anilines is 1. The third-order valence-electron chi connectivity index (χ3n) is 4.17. The summed E-state index contributed by atoms with van der Waals surface area (Å²) in [6.45, 7) is -1.20. The van der Waals surface area contributed by atoms with E-state index in [9.17, 15) is 22.8 Å². The van der Waals surface area contributed by atoms with Crippen molar-refractivity contribution in [2.75, 3.05) is 39.2 Å². The molecule has 0 radical (unpaired) electrons. The summed E-state index contributed by atoms with van der Waals surface area (Å²) in [6, 6.07) is 4.64. The van der Waals surface area contributed by atoms with Gasteiger partial charge in [-0.25, -0.2) is 0 Å². The lowest BCUT2D eigenvalue weighted by Gasteiger charge is -2.18. The lowest BCUT2D eigenvalue weighted by Crippen LogP contribution is -2.34. The number of carboxylic acids is 1. The average molecular weight is 376 g/mol. The van der Waals surface area contributed by atoms with Crippen molar-refractivity contribution < 1.29 is 37.3 Å². The van der Waals surface area contributed by atoms with Gasteiger partial charge in [0.05, 0.1) is 32.6 Å². The van der Waals surface area contributed by atoms with E-state index in [0.29, 0.717) is 17.2 Å². The number of methoxy groups -OCH3 is 2. The van der Waals surface area contributed by atoms with Crippen LogP contribution in [0.5, 0.6) is 11.5 Å². The Labute approximate surface area is 147 Å². The predicted octanol–water partition coefficient (Wildman–Crippen LogP) is 1.84. The van der Waals surface area contributed by atoms with Crippen LogP contribution in [0.3, 0.4) is 0 Å². The van der Waals surface area contributed by atoms with Crippen molar-refractivity contribution in [1.29, 1.82) is 0 Å². The number of nitrogens with one attached hydrogen (secondary N) is 1. The van der Waals surface area contributed by atoms with Gasteiger partial charge in [-0.2, -0.15) is 13.2 Å². The van der Waals surface area contributed by atoms with E-state index in [-0.39, 0.29) is 13.1 Å². The van der Waals surface area contributed by atoms with Crippen molar-refractivity contribution in [2.45, 2.75) is 6.18 Å². The van der Waals surface area contributed by atoms with Gasteiger partial charge in [-0.15, -0.1) is 0 Å². The highest BCUT2D eigenvalue weighted by Gasteiger charge is 2.52. The highest BCUT2D eigenvalue weighted by atomic mass is 19.4. The van der Waals surface area contributed by atoms with Crippen molar-refractivity contribution in [1.82, 2.24) is 4.90 Å². The van der Waals surface area contributed by atoms with Crippen LogP contribution in [0.2, 0.25) is 0 Å². The van der Waals surface area contributed by atoms with E-state index < -0.39 is 36.4 Å². The summed E-state index contributed by atoms with van der Waals surface area (Å²) in [7, 11) is 2.89. The van der Waals surface area contributed by atoms with Crippen LogP contribution in [0.15, 0.2) is 18.2 Å². The minimum Gasteiger partial charge on any atom is -0.493 e. The molecule has 7 nitrogen and oxygen atoms in total. The molecule has 1 saturated heterocycles. The number of hydrogen-bond donors (Lipinski definition) is 2. The van der Waals surface area contributed by atoms with Crippen LogP contribution in [0.25, 0.3) is 0 Å². The number of nitrogens with zero attached hydrogens (tertiary/aromatic N) is 1. The monoisotopic (exact) mass is 376 g/mol. The molecule has 2 N–H and O–H groups in total. The van der Waals surface area contributed by atoms with Crippen molar-refractivity contribution in [3.8, 4) is 11.5 Å². The maximum absolute atomic E-state index is 13.0. The van der Waals surface area contributed by atoms with Crippen molar-refractivity contribution >= 4 is 17.6 Å². The number of halogens is 3. The van der Waals surface area contributed by atoms with E-state index in [0.717, 1.165) is 0 Å². The standard InChI is InChI=1S/C16H19F3N2O5/c1-25-12-4-3-9(5-13(12)26-2)20-14(22)8-21-6-10(15(23)24)11(7-21)16(17,18)19/h3-5,10-11H,6-8H2,1-2H3,(H,20,22)(H,23,24)/t10-,11-/m1/s1. The Morgan fingerprint density at radius 2 is 1.88 bits per heavy atom. The lowest BCUT2D eigenvalue weighted by molar-refractivity contribution is -0.188.